The summed E-state index contributed by atoms with van der Waals surface area (Å²) in [6.45, 7) is 6.43. The molecule has 0 bridgehead atoms. The van der Waals surface area contributed by atoms with Crippen molar-refractivity contribution in [2.24, 2.45) is 5.41 Å². The van der Waals surface area contributed by atoms with E-state index in [1.807, 2.05) is 0 Å². The molecule has 0 spiro atoms. The molecule has 0 aromatic heterocycles. The standard InChI is InChI=1S/C15H23FN2/c1-3-15(4-2)7-9-18(10-8-15)14-6-5-12(17)11-13(14)16/h5-6,11H,3-4,7-10,17H2,1-2H3. The van der Waals surface area contributed by atoms with Crippen molar-refractivity contribution in [1.29, 1.82) is 0 Å². The fraction of sp³-hybridized carbons (Fsp3) is 0.600. The van der Waals surface area contributed by atoms with Crippen LogP contribution in [0, 0.1) is 11.2 Å². The number of nitrogens with zero attached hydrogens (tertiary/aromatic N) is 1. The van der Waals surface area contributed by atoms with E-state index in [2.05, 4.69) is 18.7 Å². The van der Waals surface area contributed by atoms with Gasteiger partial charge in [0.25, 0.3) is 0 Å². The Bertz CT molecular complexity index is 403. The molecule has 1 saturated heterocycles. The van der Waals surface area contributed by atoms with Crippen LogP contribution >= 0.6 is 0 Å². The third-order valence-corrected chi connectivity index (χ3v) is 4.64. The van der Waals surface area contributed by atoms with Gasteiger partial charge in [0.05, 0.1) is 5.69 Å². The van der Waals surface area contributed by atoms with E-state index in [-0.39, 0.29) is 5.82 Å². The highest BCUT2D eigenvalue weighted by Gasteiger charge is 2.31. The zero-order valence-electron chi connectivity index (χ0n) is 11.4. The number of rotatable bonds is 3. The van der Waals surface area contributed by atoms with Crippen LogP contribution in [0.5, 0.6) is 0 Å². The van der Waals surface area contributed by atoms with Crippen molar-refractivity contribution >= 4 is 11.4 Å². The molecule has 2 N–H and O–H groups in total. The summed E-state index contributed by atoms with van der Waals surface area (Å²) < 4.78 is 13.9. The minimum absolute atomic E-state index is 0.199. The molecule has 0 amide bonds. The van der Waals surface area contributed by atoms with E-state index in [1.165, 1.54) is 18.9 Å². The lowest BCUT2D eigenvalue weighted by Gasteiger charge is -2.42. The first kappa shape index (κ1) is 13.2. The lowest BCUT2D eigenvalue weighted by Crippen LogP contribution is -2.40. The molecule has 0 unspecified atom stereocenters. The van der Waals surface area contributed by atoms with E-state index in [0.717, 1.165) is 25.9 Å². The van der Waals surface area contributed by atoms with Crippen LogP contribution in [0.25, 0.3) is 0 Å². The number of nitrogens with two attached hydrogens (primary N) is 1. The van der Waals surface area contributed by atoms with Crippen LogP contribution in [0.1, 0.15) is 39.5 Å². The zero-order valence-corrected chi connectivity index (χ0v) is 11.4. The fourth-order valence-corrected chi connectivity index (χ4v) is 2.96. The molecule has 0 atom stereocenters. The number of hydrogen-bond donors (Lipinski definition) is 1. The molecule has 1 heterocycles. The van der Waals surface area contributed by atoms with Gasteiger partial charge >= 0.3 is 0 Å². The van der Waals surface area contributed by atoms with Gasteiger partial charge in [-0.2, -0.15) is 0 Å². The molecule has 1 aliphatic rings. The van der Waals surface area contributed by atoms with E-state index >= 15 is 0 Å². The summed E-state index contributed by atoms with van der Waals surface area (Å²) in [6, 6.07) is 4.99. The Labute approximate surface area is 109 Å². The van der Waals surface area contributed by atoms with Gasteiger partial charge < -0.3 is 10.6 Å². The molecular formula is C15H23FN2. The van der Waals surface area contributed by atoms with E-state index in [4.69, 9.17) is 5.73 Å². The maximum atomic E-state index is 13.9. The highest BCUT2D eigenvalue weighted by Crippen LogP contribution is 2.39. The molecule has 100 valence electrons. The minimum Gasteiger partial charge on any atom is -0.399 e. The van der Waals surface area contributed by atoms with Crippen LogP contribution in [0.4, 0.5) is 15.8 Å². The average molecular weight is 250 g/mol. The topological polar surface area (TPSA) is 29.3 Å². The van der Waals surface area contributed by atoms with Crippen LogP contribution in [-0.4, -0.2) is 13.1 Å². The Morgan fingerprint density at radius 3 is 2.33 bits per heavy atom. The zero-order chi connectivity index (χ0) is 13.2. The first-order valence-corrected chi connectivity index (χ1v) is 6.90. The Kier molecular flexibility index (Phi) is 3.79. The van der Waals surface area contributed by atoms with Gasteiger partial charge in [0.2, 0.25) is 0 Å². The van der Waals surface area contributed by atoms with Crippen LogP contribution in [-0.2, 0) is 0 Å². The van der Waals surface area contributed by atoms with E-state index in [0.29, 0.717) is 16.8 Å². The van der Waals surface area contributed by atoms with Gasteiger partial charge in [-0.25, -0.2) is 4.39 Å². The monoisotopic (exact) mass is 250 g/mol. The highest BCUT2D eigenvalue weighted by atomic mass is 19.1. The first-order valence-electron chi connectivity index (χ1n) is 6.90. The molecule has 2 rings (SSSR count). The summed E-state index contributed by atoms with van der Waals surface area (Å²) in [6.07, 6.45) is 4.76. The Morgan fingerprint density at radius 1 is 1.22 bits per heavy atom. The smallest absolute Gasteiger partial charge is 0.148 e. The summed E-state index contributed by atoms with van der Waals surface area (Å²) in [4.78, 5) is 2.15. The van der Waals surface area contributed by atoms with Gasteiger partial charge in [-0.1, -0.05) is 26.7 Å². The lowest BCUT2D eigenvalue weighted by molar-refractivity contribution is 0.199. The second-order valence-electron chi connectivity index (χ2n) is 5.41. The predicted molar refractivity (Wildman–Crippen MR) is 75.3 cm³/mol. The van der Waals surface area contributed by atoms with E-state index < -0.39 is 0 Å². The molecule has 1 aliphatic heterocycles. The average Bonchev–Trinajstić information content (AvgIpc) is 2.39. The van der Waals surface area contributed by atoms with Crippen molar-refractivity contribution in [1.82, 2.24) is 0 Å². The van der Waals surface area contributed by atoms with Gasteiger partial charge in [-0.05, 0) is 36.5 Å². The number of halogens is 1. The second kappa shape index (κ2) is 5.17. The van der Waals surface area contributed by atoms with Crippen molar-refractivity contribution < 1.29 is 4.39 Å². The van der Waals surface area contributed by atoms with Crippen molar-refractivity contribution in [3.8, 4) is 0 Å². The molecular weight excluding hydrogens is 227 g/mol. The maximum Gasteiger partial charge on any atom is 0.148 e. The largest absolute Gasteiger partial charge is 0.399 e. The first-order chi connectivity index (χ1) is 8.60. The molecule has 3 heteroatoms. The van der Waals surface area contributed by atoms with Crippen molar-refractivity contribution in [2.75, 3.05) is 23.7 Å². The number of nitrogen functional groups attached to an aromatic ring is 1. The number of benzene rings is 1. The fourth-order valence-electron chi connectivity index (χ4n) is 2.96. The number of hydrogen-bond acceptors (Lipinski definition) is 2. The van der Waals surface area contributed by atoms with Gasteiger partial charge in [0.15, 0.2) is 0 Å². The molecule has 0 radical (unpaired) electrons. The SMILES string of the molecule is CCC1(CC)CCN(c2ccc(N)cc2F)CC1. The van der Waals surface area contributed by atoms with E-state index in [9.17, 15) is 4.39 Å². The third kappa shape index (κ3) is 2.45. The Morgan fingerprint density at radius 2 is 1.83 bits per heavy atom. The summed E-state index contributed by atoms with van der Waals surface area (Å²) in [5.41, 5.74) is 7.25. The van der Waals surface area contributed by atoms with Crippen LogP contribution < -0.4 is 10.6 Å². The van der Waals surface area contributed by atoms with Gasteiger partial charge in [0.1, 0.15) is 5.82 Å². The molecule has 2 nitrogen and oxygen atoms in total. The molecule has 18 heavy (non-hydrogen) atoms. The number of piperidine rings is 1. The third-order valence-electron chi connectivity index (χ3n) is 4.64. The van der Waals surface area contributed by atoms with Crippen LogP contribution in [0.3, 0.4) is 0 Å². The second-order valence-corrected chi connectivity index (χ2v) is 5.41. The summed E-state index contributed by atoms with van der Waals surface area (Å²) in [5.74, 6) is -0.199. The summed E-state index contributed by atoms with van der Waals surface area (Å²) in [7, 11) is 0. The van der Waals surface area contributed by atoms with Gasteiger partial charge in [-0.15, -0.1) is 0 Å². The quantitative estimate of drug-likeness (QED) is 0.826. The van der Waals surface area contributed by atoms with Crippen molar-refractivity contribution in [3.05, 3.63) is 24.0 Å². The summed E-state index contributed by atoms with van der Waals surface area (Å²) >= 11 is 0. The Balaban J connectivity index is 2.10. The Hall–Kier alpha value is -1.25. The maximum absolute atomic E-state index is 13.9. The molecule has 1 aromatic rings. The predicted octanol–water partition coefficient (Wildman–Crippen LogP) is 3.81. The molecule has 1 fully saturated rings. The minimum atomic E-state index is -0.199. The molecule has 0 aliphatic carbocycles. The number of anilines is 2. The van der Waals surface area contributed by atoms with Crippen molar-refractivity contribution in [2.45, 2.75) is 39.5 Å². The summed E-state index contributed by atoms with van der Waals surface area (Å²) in [5, 5.41) is 0. The highest BCUT2D eigenvalue weighted by molar-refractivity contribution is 5.54. The van der Waals surface area contributed by atoms with Gasteiger partial charge in [-0.3, -0.25) is 0 Å². The van der Waals surface area contributed by atoms with Gasteiger partial charge in [0, 0.05) is 18.8 Å². The van der Waals surface area contributed by atoms with E-state index in [1.54, 1.807) is 12.1 Å². The molecule has 1 aromatic carbocycles. The van der Waals surface area contributed by atoms with Crippen LogP contribution in [0.2, 0.25) is 0 Å². The van der Waals surface area contributed by atoms with Crippen LogP contribution in [0.15, 0.2) is 18.2 Å². The lowest BCUT2D eigenvalue weighted by atomic mass is 9.74. The van der Waals surface area contributed by atoms with Crippen molar-refractivity contribution in [3.63, 3.8) is 0 Å². The molecule has 0 saturated carbocycles. The normalized spacial score (nSPS) is 18.9.